The van der Waals surface area contributed by atoms with Crippen LogP contribution in [0.3, 0.4) is 0 Å². The van der Waals surface area contributed by atoms with Gasteiger partial charge in [-0.15, -0.1) is 22.7 Å². The highest BCUT2D eigenvalue weighted by Crippen LogP contribution is 2.48. The Morgan fingerprint density at radius 1 is 0.333 bits per heavy atom. The van der Waals surface area contributed by atoms with E-state index in [1.807, 2.05) is 34.8 Å². The first-order valence-electron chi connectivity index (χ1n) is 21.1. The Labute approximate surface area is 370 Å². The van der Waals surface area contributed by atoms with E-state index in [0.717, 1.165) is 77.8 Å². The number of benzene rings is 9. The summed E-state index contributed by atoms with van der Waals surface area (Å²) < 4.78 is 11.9. The van der Waals surface area contributed by atoms with Gasteiger partial charge in [-0.05, 0) is 75.8 Å². The lowest BCUT2D eigenvalue weighted by atomic mass is 9.91. The smallest absolute Gasteiger partial charge is 0.180 e. The Morgan fingerprint density at radius 3 is 1.43 bits per heavy atom. The van der Waals surface area contributed by atoms with E-state index in [-0.39, 0.29) is 0 Å². The number of rotatable bonds is 6. The average Bonchev–Trinajstić information content (AvgIpc) is 4.06. The molecule has 0 aliphatic carbocycles. The van der Waals surface area contributed by atoms with E-state index < -0.39 is 0 Å². The molecule has 4 aromatic heterocycles. The van der Waals surface area contributed by atoms with Crippen LogP contribution in [0.4, 0.5) is 0 Å². The Morgan fingerprint density at radius 2 is 0.825 bits per heavy atom. The Kier molecular flexibility index (Phi) is 8.26. The molecule has 0 amide bonds. The highest BCUT2D eigenvalue weighted by molar-refractivity contribution is 7.26. The molecule has 0 aliphatic rings. The second-order valence-corrected chi connectivity index (χ2v) is 18.1. The molecule has 0 bridgehead atoms. The third kappa shape index (κ3) is 5.85. The molecule has 0 saturated carbocycles. The monoisotopic (exact) mass is 838 g/mol. The molecule has 0 N–H and O–H groups in total. The van der Waals surface area contributed by atoms with Gasteiger partial charge < -0.3 is 4.42 Å². The summed E-state index contributed by atoms with van der Waals surface area (Å²) in [6.07, 6.45) is 0. The number of aromatic nitrogens is 2. The van der Waals surface area contributed by atoms with Crippen LogP contribution in [0, 0.1) is 0 Å². The van der Waals surface area contributed by atoms with Crippen LogP contribution in [-0.4, -0.2) is 9.97 Å². The van der Waals surface area contributed by atoms with E-state index >= 15 is 0 Å². The third-order valence-electron chi connectivity index (χ3n) is 12.4. The van der Waals surface area contributed by atoms with Crippen LogP contribution >= 0.6 is 22.7 Å². The van der Waals surface area contributed by atoms with E-state index in [9.17, 15) is 0 Å². The van der Waals surface area contributed by atoms with Crippen molar-refractivity contribution in [3.05, 3.63) is 206 Å². The summed E-state index contributed by atoms with van der Waals surface area (Å²) in [5.74, 6) is 0.648. The number of hydrogen-bond acceptors (Lipinski definition) is 5. The molecule has 9 aromatic carbocycles. The van der Waals surface area contributed by atoms with Crippen molar-refractivity contribution in [2.24, 2.45) is 0 Å². The summed E-state index contributed by atoms with van der Waals surface area (Å²) in [5.41, 5.74) is 14.0. The predicted octanol–water partition coefficient (Wildman–Crippen LogP) is 17.1. The summed E-state index contributed by atoms with van der Waals surface area (Å²) in [6.45, 7) is 0. The number of thiophene rings is 2. The van der Waals surface area contributed by atoms with Crippen molar-refractivity contribution in [2.75, 3.05) is 0 Å². The van der Waals surface area contributed by atoms with Crippen LogP contribution in [0.2, 0.25) is 0 Å². The van der Waals surface area contributed by atoms with Gasteiger partial charge in [0.2, 0.25) is 0 Å². The van der Waals surface area contributed by atoms with Crippen molar-refractivity contribution in [3.63, 3.8) is 0 Å². The fourth-order valence-corrected chi connectivity index (χ4v) is 11.8. The van der Waals surface area contributed by atoms with Crippen molar-refractivity contribution in [1.29, 1.82) is 0 Å². The molecule has 0 aliphatic heterocycles. The van der Waals surface area contributed by atoms with Crippen molar-refractivity contribution in [1.82, 2.24) is 9.97 Å². The van der Waals surface area contributed by atoms with E-state index in [1.54, 1.807) is 0 Å². The summed E-state index contributed by atoms with van der Waals surface area (Å²) >= 11 is 3.68. The van der Waals surface area contributed by atoms with E-state index in [2.05, 4.69) is 194 Å². The van der Waals surface area contributed by atoms with Crippen LogP contribution in [-0.2, 0) is 0 Å². The van der Waals surface area contributed by atoms with Gasteiger partial charge in [-0.25, -0.2) is 9.97 Å². The molecule has 0 atom stereocenters. The number of para-hydroxylation sites is 1. The topological polar surface area (TPSA) is 38.9 Å². The zero-order chi connectivity index (χ0) is 41.4. The van der Waals surface area contributed by atoms with Gasteiger partial charge in [-0.3, -0.25) is 0 Å². The second kappa shape index (κ2) is 14.5. The minimum Gasteiger partial charge on any atom is -0.452 e. The lowest BCUT2D eigenvalue weighted by molar-refractivity contribution is 0.667. The molecule has 0 radical (unpaired) electrons. The van der Waals surface area contributed by atoms with Crippen LogP contribution in [0.5, 0.6) is 0 Å². The van der Waals surface area contributed by atoms with Gasteiger partial charge in [0.15, 0.2) is 11.4 Å². The van der Waals surface area contributed by atoms with Gasteiger partial charge in [0.25, 0.3) is 0 Å². The normalized spacial score (nSPS) is 11.8. The van der Waals surface area contributed by atoms with Crippen molar-refractivity contribution in [3.8, 4) is 67.2 Å². The zero-order valence-corrected chi connectivity index (χ0v) is 35.4. The highest BCUT2D eigenvalue weighted by atomic mass is 32.1. The molecular weight excluding hydrogens is 805 g/mol. The molecule has 63 heavy (non-hydrogen) atoms. The van der Waals surface area contributed by atoms with Gasteiger partial charge in [-0.1, -0.05) is 164 Å². The fourth-order valence-electron chi connectivity index (χ4n) is 9.37. The van der Waals surface area contributed by atoms with Crippen molar-refractivity contribution < 1.29 is 4.42 Å². The quantitative estimate of drug-likeness (QED) is 0.167. The molecule has 294 valence electrons. The minimum atomic E-state index is 0.648. The lowest BCUT2D eigenvalue weighted by Gasteiger charge is -2.16. The fraction of sp³-hybridized carbons (Fsp3) is 0. The minimum absolute atomic E-state index is 0.648. The van der Waals surface area contributed by atoms with Gasteiger partial charge in [-0.2, -0.15) is 0 Å². The number of fused-ring (bicyclic) bond motifs is 9. The van der Waals surface area contributed by atoms with E-state index in [0.29, 0.717) is 11.4 Å². The van der Waals surface area contributed by atoms with E-state index in [1.165, 1.54) is 40.3 Å². The van der Waals surface area contributed by atoms with Gasteiger partial charge >= 0.3 is 0 Å². The van der Waals surface area contributed by atoms with Crippen LogP contribution < -0.4 is 0 Å². The van der Waals surface area contributed by atoms with Gasteiger partial charge in [0.1, 0.15) is 16.8 Å². The molecule has 3 nitrogen and oxygen atoms in total. The number of furan rings is 1. The number of hydrogen-bond donors (Lipinski definition) is 0. The molecule has 5 heteroatoms. The largest absolute Gasteiger partial charge is 0.452 e. The maximum Gasteiger partial charge on any atom is 0.180 e. The maximum absolute atomic E-state index is 6.83. The first kappa shape index (κ1) is 36.0. The van der Waals surface area contributed by atoms with E-state index in [4.69, 9.17) is 14.4 Å². The molecule has 13 rings (SSSR count). The van der Waals surface area contributed by atoms with Gasteiger partial charge in [0, 0.05) is 68.0 Å². The van der Waals surface area contributed by atoms with Crippen molar-refractivity contribution in [2.45, 2.75) is 0 Å². The Hall–Kier alpha value is -7.70. The first-order valence-corrected chi connectivity index (χ1v) is 22.8. The SMILES string of the molecule is c1ccc(-c2ccc(-c3nc(-c4ccc(-c5ccccc5)cc4-c4cccc5c4sc4ccccc45)c4oc5ccccc5c4n3)c(-c3cccc4c3sc3ccccc34)c2)cc1. The standard InChI is InChI=1S/C58H34N2OS2/c1-3-15-35(16-4-1)37-29-31-41(48(33-37)44-24-13-22-42-39-19-8-11-27-51(39)62-56(42)44)53-55-54(47-21-7-10-26-50(47)61-55)60-58(59-53)46-32-30-38(36-17-5-2-6-18-36)34-49(46)45-25-14-23-43-40-20-9-12-28-52(40)63-57(43)45/h1-34H. The summed E-state index contributed by atoms with van der Waals surface area (Å²) in [7, 11) is 0. The second-order valence-electron chi connectivity index (χ2n) is 16.0. The van der Waals surface area contributed by atoms with Crippen LogP contribution in [0.1, 0.15) is 0 Å². The summed E-state index contributed by atoms with van der Waals surface area (Å²) in [5, 5.41) is 6.00. The molecular formula is C58H34N2OS2. The molecule has 0 saturated heterocycles. The predicted molar refractivity (Wildman–Crippen MR) is 268 cm³/mol. The first-order chi connectivity index (χ1) is 31.2. The average molecular weight is 839 g/mol. The van der Waals surface area contributed by atoms with Gasteiger partial charge in [0.05, 0.1) is 0 Å². The Bertz CT molecular complexity index is 3920. The lowest BCUT2D eigenvalue weighted by Crippen LogP contribution is -1.98. The maximum atomic E-state index is 6.83. The molecule has 13 aromatic rings. The highest BCUT2D eigenvalue weighted by Gasteiger charge is 2.24. The zero-order valence-electron chi connectivity index (χ0n) is 33.7. The van der Waals surface area contributed by atoms with Crippen molar-refractivity contribution >= 4 is 85.1 Å². The van der Waals surface area contributed by atoms with Crippen LogP contribution in [0.15, 0.2) is 211 Å². The number of nitrogens with zero attached hydrogens (tertiary/aromatic N) is 2. The molecule has 0 unspecified atom stereocenters. The van der Waals surface area contributed by atoms with Crippen LogP contribution in [0.25, 0.3) is 130 Å². The molecule has 4 heterocycles. The Balaban J connectivity index is 1.12. The molecule has 0 fully saturated rings. The summed E-state index contributed by atoms with van der Waals surface area (Å²) in [6, 6.07) is 73.8. The third-order valence-corrected chi connectivity index (χ3v) is 14.8. The molecule has 0 spiro atoms. The summed E-state index contributed by atoms with van der Waals surface area (Å²) in [4.78, 5) is 11.1.